The molecule has 1 aliphatic carbocycles. The molecule has 98 valence electrons. The Balaban J connectivity index is 2.46. The van der Waals surface area contributed by atoms with Gasteiger partial charge in [0.15, 0.2) is 0 Å². The van der Waals surface area contributed by atoms with E-state index in [9.17, 15) is 9.59 Å². The van der Waals surface area contributed by atoms with Crippen molar-refractivity contribution in [2.24, 2.45) is 5.41 Å². The lowest BCUT2D eigenvalue weighted by Crippen LogP contribution is -2.39. The lowest BCUT2D eigenvalue weighted by atomic mass is 9.89. The SMILES string of the molecule is CC(C)(C)OC(=O)N[C@H]1CC[C@](C)(C(=O)O)C1. The number of hydrogen-bond donors (Lipinski definition) is 2. The van der Waals surface area contributed by atoms with Crippen LogP contribution in [0.1, 0.15) is 47.0 Å². The van der Waals surface area contributed by atoms with E-state index in [0.29, 0.717) is 19.3 Å². The van der Waals surface area contributed by atoms with Gasteiger partial charge >= 0.3 is 12.1 Å². The highest BCUT2D eigenvalue weighted by Gasteiger charge is 2.42. The number of ether oxygens (including phenoxy) is 1. The summed E-state index contributed by atoms with van der Waals surface area (Å²) in [6, 6.07) is -0.106. The number of rotatable bonds is 2. The second-order valence-corrected chi connectivity index (χ2v) is 5.95. The third-order valence-corrected chi connectivity index (χ3v) is 2.98. The van der Waals surface area contributed by atoms with Crippen LogP contribution in [0.2, 0.25) is 0 Å². The maximum atomic E-state index is 11.5. The van der Waals surface area contributed by atoms with Crippen molar-refractivity contribution in [3.05, 3.63) is 0 Å². The molecule has 5 nitrogen and oxygen atoms in total. The molecule has 0 aromatic carbocycles. The van der Waals surface area contributed by atoms with Gasteiger partial charge in [0, 0.05) is 6.04 Å². The van der Waals surface area contributed by atoms with E-state index in [-0.39, 0.29) is 6.04 Å². The van der Waals surface area contributed by atoms with Crippen molar-refractivity contribution < 1.29 is 19.4 Å². The third kappa shape index (κ3) is 3.91. The summed E-state index contributed by atoms with van der Waals surface area (Å²) in [6.45, 7) is 7.10. The summed E-state index contributed by atoms with van der Waals surface area (Å²) < 4.78 is 5.13. The van der Waals surface area contributed by atoms with Crippen molar-refractivity contribution >= 4 is 12.1 Å². The average Bonchev–Trinajstić information content (AvgIpc) is 2.45. The van der Waals surface area contributed by atoms with Crippen LogP contribution in [-0.2, 0) is 9.53 Å². The summed E-state index contributed by atoms with van der Waals surface area (Å²) in [5.74, 6) is -0.800. The van der Waals surface area contributed by atoms with Gasteiger partial charge in [-0.1, -0.05) is 0 Å². The van der Waals surface area contributed by atoms with Crippen molar-refractivity contribution in [2.75, 3.05) is 0 Å². The first-order chi connectivity index (χ1) is 7.62. The normalized spacial score (nSPS) is 28.8. The largest absolute Gasteiger partial charge is 0.481 e. The van der Waals surface area contributed by atoms with Crippen molar-refractivity contribution in [1.29, 1.82) is 0 Å². The minimum Gasteiger partial charge on any atom is -0.481 e. The fourth-order valence-corrected chi connectivity index (χ4v) is 2.03. The number of nitrogens with one attached hydrogen (secondary N) is 1. The zero-order valence-corrected chi connectivity index (χ0v) is 10.9. The van der Waals surface area contributed by atoms with Crippen LogP contribution in [0, 0.1) is 5.41 Å². The summed E-state index contributed by atoms with van der Waals surface area (Å²) in [5.41, 5.74) is -1.25. The summed E-state index contributed by atoms with van der Waals surface area (Å²) in [4.78, 5) is 22.6. The Morgan fingerprint density at radius 3 is 2.41 bits per heavy atom. The summed E-state index contributed by atoms with van der Waals surface area (Å²) in [5, 5.41) is 11.8. The second-order valence-electron chi connectivity index (χ2n) is 5.95. The second kappa shape index (κ2) is 4.55. The molecule has 5 heteroatoms. The van der Waals surface area contributed by atoms with Crippen LogP contribution in [0.5, 0.6) is 0 Å². The van der Waals surface area contributed by atoms with Gasteiger partial charge in [0.05, 0.1) is 5.41 Å². The van der Waals surface area contributed by atoms with E-state index in [0.717, 1.165) is 0 Å². The molecule has 1 saturated carbocycles. The van der Waals surface area contributed by atoms with Crippen molar-refractivity contribution in [2.45, 2.75) is 58.6 Å². The van der Waals surface area contributed by atoms with Gasteiger partial charge in [-0.15, -0.1) is 0 Å². The van der Waals surface area contributed by atoms with E-state index in [1.165, 1.54) is 0 Å². The van der Waals surface area contributed by atoms with E-state index >= 15 is 0 Å². The minimum absolute atomic E-state index is 0.106. The lowest BCUT2D eigenvalue weighted by Gasteiger charge is -2.22. The van der Waals surface area contributed by atoms with Crippen LogP contribution >= 0.6 is 0 Å². The summed E-state index contributed by atoms with van der Waals surface area (Å²) in [6.07, 6.45) is 1.25. The highest BCUT2D eigenvalue weighted by Crippen LogP contribution is 2.38. The fourth-order valence-electron chi connectivity index (χ4n) is 2.03. The van der Waals surface area contributed by atoms with Crippen LogP contribution in [-0.4, -0.2) is 28.8 Å². The van der Waals surface area contributed by atoms with Gasteiger partial charge in [-0.2, -0.15) is 0 Å². The number of hydrogen-bond acceptors (Lipinski definition) is 3. The first-order valence-electron chi connectivity index (χ1n) is 5.85. The van der Waals surface area contributed by atoms with E-state index in [1.807, 2.05) is 0 Å². The topological polar surface area (TPSA) is 75.6 Å². The molecule has 0 aromatic rings. The average molecular weight is 243 g/mol. The highest BCUT2D eigenvalue weighted by molar-refractivity contribution is 5.75. The first kappa shape index (κ1) is 13.8. The van der Waals surface area contributed by atoms with Gasteiger partial charge in [0.25, 0.3) is 0 Å². The molecule has 2 atom stereocenters. The molecule has 17 heavy (non-hydrogen) atoms. The molecule has 1 fully saturated rings. The molecular formula is C12H21NO4. The lowest BCUT2D eigenvalue weighted by molar-refractivity contribution is -0.147. The molecule has 1 rings (SSSR count). The number of carbonyl (C=O) groups is 2. The molecular weight excluding hydrogens is 222 g/mol. The fraction of sp³-hybridized carbons (Fsp3) is 0.833. The van der Waals surface area contributed by atoms with Crippen LogP contribution in [0.25, 0.3) is 0 Å². The number of aliphatic carboxylic acids is 1. The molecule has 0 radical (unpaired) electrons. The van der Waals surface area contributed by atoms with Gasteiger partial charge in [-0.25, -0.2) is 4.79 Å². The van der Waals surface area contributed by atoms with Crippen LogP contribution < -0.4 is 5.32 Å². The quantitative estimate of drug-likeness (QED) is 0.779. The minimum atomic E-state index is -0.800. The standard InChI is InChI=1S/C12H21NO4/c1-11(2,3)17-10(16)13-8-5-6-12(4,7-8)9(14)15/h8H,5-7H2,1-4H3,(H,13,16)(H,14,15)/t8-,12-/m0/s1. The number of carboxylic acids is 1. The molecule has 0 unspecified atom stereocenters. The monoisotopic (exact) mass is 243 g/mol. The molecule has 0 saturated heterocycles. The van der Waals surface area contributed by atoms with Crippen molar-refractivity contribution in [1.82, 2.24) is 5.32 Å². The smallest absolute Gasteiger partial charge is 0.407 e. The molecule has 0 spiro atoms. The molecule has 0 aliphatic heterocycles. The number of amides is 1. The molecule has 0 heterocycles. The first-order valence-corrected chi connectivity index (χ1v) is 5.85. The summed E-state index contributed by atoms with van der Waals surface area (Å²) >= 11 is 0. The Labute approximate surface area is 102 Å². The maximum absolute atomic E-state index is 11.5. The zero-order valence-electron chi connectivity index (χ0n) is 10.9. The molecule has 1 aliphatic rings. The van der Waals surface area contributed by atoms with E-state index in [2.05, 4.69) is 5.32 Å². The van der Waals surface area contributed by atoms with Gasteiger partial charge in [-0.3, -0.25) is 4.79 Å². The third-order valence-electron chi connectivity index (χ3n) is 2.98. The Kier molecular flexibility index (Phi) is 3.69. The predicted octanol–water partition coefficient (Wildman–Crippen LogP) is 2.15. The van der Waals surface area contributed by atoms with Crippen LogP contribution in [0.15, 0.2) is 0 Å². The van der Waals surface area contributed by atoms with Gasteiger partial charge in [-0.05, 0) is 47.0 Å². The maximum Gasteiger partial charge on any atom is 0.407 e. The Morgan fingerprint density at radius 2 is 2.00 bits per heavy atom. The summed E-state index contributed by atoms with van der Waals surface area (Å²) in [7, 11) is 0. The Bertz CT molecular complexity index is 321. The number of carbonyl (C=O) groups excluding carboxylic acids is 1. The van der Waals surface area contributed by atoms with Gasteiger partial charge in [0.2, 0.25) is 0 Å². The van der Waals surface area contributed by atoms with Gasteiger partial charge in [0.1, 0.15) is 5.60 Å². The van der Waals surface area contributed by atoms with E-state index in [1.54, 1.807) is 27.7 Å². The number of alkyl carbamates (subject to hydrolysis) is 1. The molecule has 2 N–H and O–H groups in total. The zero-order chi connectivity index (χ0) is 13.3. The molecule has 1 amide bonds. The van der Waals surface area contributed by atoms with E-state index in [4.69, 9.17) is 9.84 Å². The predicted molar refractivity (Wildman–Crippen MR) is 62.8 cm³/mol. The number of carboxylic acid groups (broad SMARTS) is 1. The van der Waals surface area contributed by atoms with Crippen LogP contribution in [0.3, 0.4) is 0 Å². The van der Waals surface area contributed by atoms with Crippen LogP contribution in [0.4, 0.5) is 4.79 Å². The highest BCUT2D eigenvalue weighted by atomic mass is 16.6. The Hall–Kier alpha value is -1.26. The molecule has 0 aromatic heterocycles. The Morgan fingerprint density at radius 1 is 1.41 bits per heavy atom. The van der Waals surface area contributed by atoms with Crippen molar-refractivity contribution in [3.63, 3.8) is 0 Å². The van der Waals surface area contributed by atoms with E-state index < -0.39 is 23.1 Å². The van der Waals surface area contributed by atoms with Crippen molar-refractivity contribution in [3.8, 4) is 0 Å². The molecule has 0 bridgehead atoms. The van der Waals surface area contributed by atoms with Gasteiger partial charge < -0.3 is 15.2 Å².